The van der Waals surface area contributed by atoms with E-state index in [1.165, 1.54) is 26.4 Å². The van der Waals surface area contributed by atoms with Crippen LogP contribution in [-0.2, 0) is 22.6 Å². The maximum absolute atomic E-state index is 11.3. The number of esters is 1. The quantitative estimate of drug-likeness (QED) is 0.218. The van der Waals surface area contributed by atoms with E-state index in [4.69, 9.17) is 4.74 Å². The summed E-state index contributed by atoms with van der Waals surface area (Å²) in [4.78, 5) is 11.3. The molecule has 0 spiro atoms. The molecule has 0 fully saturated rings. The van der Waals surface area contributed by atoms with Crippen LogP contribution in [0.1, 0.15) is 88.4 Å². The molecule has 0 aliphatic rings. The van der Waals surface area contributed by atoms with Crippen LogP contribution < -0.4 is 4.74 Å². The molecule has 4 heteroatoms. The molecule has 0 aliphatic carbocycles. The molecule has 1 atom stereocenters. The molecule has 0 saturated heterocycles. The molecule has 1 aromatic heterocycles. The van der Waals surface area contributed by atoms with E-state index in [0.29, 0.717) is 19.4 Å². The Morgan fingerprint density at radius 1 is 1.00 bits per heavy atom. The molecule has 3 aromatic rings. The fraction of sp³-hybridized carbons (Fsp3) is 0.400. The van der Waals surface area contributed by atoms with Gasteiger partial charge in [-0.1, -0.05) is 97.4 Å². The highest BCUT2D eigenvalue weighted by Crippen LogP contribution is 2.24. The van der Waals surface area contributed by atoms with Crippen molar-refractivity contribution in [2.24, 2.45) is 5.92 Å². The Kier molecular flexibility index (Phi) is 16.0. The van der Waals surface area contributed by atoms with Crippen molar-refractivity contribution in [1.82, 2.24) is 4.57 Å². The number of nitrogens with zero attached hydrogens (tertiary/aromatic N) is 1. The smallest absolute Gasteiger partial charge is 0.305 e. The minimum atomic E-state index is -0.201. The summed E-state index contributed by atoms with van der Waals surface area (Å²) in [6.45, 7) is 21.2. The van der Waals surface area contributed by atoms with Crippen LogP contribution in [0.5, 0.6) is 5.75 Å². The largest absolute Gasteiger partial charge is 0.489 e. The summed E-state index contributed by atoms with van der Waals surface area (Å²) in [5, 5.41) is 0. The fourth-order valence-corrected chi connectivity index (χ4v) is 4.15. The van der Waals surface area contributed by atoms with Crippen molar-refractivity contribution in [3.8, 4) is 11.4 Å². The number of methoxy groups -OCH3 is 1. The first-order valence-electron chi connectivity index (χ1n) is 14.2. The molecular weight excluding hydrogens is 482 g/mol. The number of aromatic nitrogens is 1. The van der Waals surface area contributed by atoms with E-state index in [0.717, 1.165) is 45.4 Å². The van der Waals surface area contributed by atoms with Gasteiger partial charge in [0.15, 0.2) is 0 Å². The second kappa shape index (κ2) is 18.7. The molecule has 0 aliphatic heterocycles. The highest BCUT2D eigenvalue weighted by molar-refractivity contribution is 5.69. The summed E-state index contributed by atoms with van der Waals surface area (Å²) in [7, 11) is 1.41. The zero-order chi connectivity index (χ0) is 29.2. The molecule has 0 N–H and O–H groups in total. The van der Waals surface area contributed by atoms with Crippen LogP contribution in [0.15, 0.2) is 67.8 Å². The second-order valence-corrected chi connectivity index (χ2v) is 9.35. The third-order valence-corrected chi connectivity index (χ3v) is 6.49. The predicted molar refractivity (Wildman–Crippen MR) is 168 cm³/mol. The zero-order valence-electron chi connectivity index (χ0n) is 25.3. The number of aryl methyl sites for hydroxylation is 2. The van der Waals surface area contributed by atoms with Crippen molar-refractivity contribution in [2.45, 2.75) is 80.3 Å². The van der Waals surface area contributed by atoms with Crippen LogP contribution in [0, 0.1) is 12.8 Å². The monoisotopic (exact) mass is 531 g/mol. The third kappa shape index (κ3) is 11.0. The van der Waals surface area contributed by atoms with Crippen LogP contribution in [0.2, 0.25) is 0 Å². The Morgan fingerprint density at radius 2 is 1.69 bits per heavy atom. The van der Waals surface area contributed by atoms with Gasteiger partial charge in [-0.2, -0.15) is 0 Å². The summed E-state index contributed by atoms with van der Waals surface area (Å²) in [6, 6.07) is 18.2. The average molecular weight is 532 g/mol. The SMILES string of the molecule is C=Cc1cc(C)n(-c2cccc(COc3ccc(CCC(=O)OC)cc3)c2)c1C=C.CC.CCCC(C)CC. The van der Waals surface area contributed by atoms with Gasteiger partial charge < -0.3 is 14.0 Å². The van der Waals surface area contributed by atoms with Gasteiger partial charge in [0.2, 0.25) is 0 Å². The van der Waals surface area contributed by atoms with Gasteiger partial charge in [0.25, 0.3) is 0 Å². The Labute approximate surface area is 237 Å². The lowest BCUT2D eigenvalue weighted by Gasteiger charge is -2.13. The normalized spacial score (nSPS) is 10.7. The van der Waals surface area contributed by atoms with E-state index in [-0.39, 0.29) is 5.97 Å². The van der Waals surface area contributed by atoms with Gasteiger partial charge in [-0.15, -0.1) is 0 Å². The average Bonchev–Trinajstić information content (AvgIpc) is 3.32. The number of rotatable bonds is 12. The first kappa shape index (κ1) is 33.5. The van der Waals surface area contributed by atoms with Gasteiger partial charge in [0.05, 0.1) is 12.8 Å². The first-order valence-corrected chi connectivity index (χ1v) is 14.2. The van der Waals surface area contributed by atoms with E-state index in [9.17, 15) is 4.79 Å². The number of benzene rings is 2. The maximum Gasteiger partial charge on any atom is 0.305 e. The lowest BCUT2D eigenvalue weighted by molar-refractivity contribution is -0.140. The molecule has 1 heterocycles. The van der Waals surface area contributed by atoms with Gasteiger partial charge in [0, 0.05) is 17.8 Å². The van der Waals surface area contributed by atoms with Crippen molar-refractivity contribution < 1.29 is 14.3 Å². The van der Waals surface area contributed by atoms with E-state index >= 15 is 0 Å². The molecule has 2 aromatic carbocycles. The molecule has 0 radical (unpaired) electrons. The van der Waals surface area contributed by atoms with Gasteiger partial charge in [-0.05, 0) is 72.4 Å². The highest BCUT2D eigenvalue weighted by Gasteiger charge is 2.10. The second-order valence-electron chi connectivity index (χ2n) is 9.35. The molecule has 4 nitrogen and oxygen atoms in total. The lowest BCUT2D eigenvalue weighted by Crippen LogP contribution is -2.02. The summed E-state index contributed by atoms with van der Waals surface area (Å²) in [6.07, 6.45) is 8.82. The number of hydrogen-bond acceptors (Lipinski definition) is 3. The minimum Gasteiger partial charge on any atom is -0.489 e. The standard InChI is InChI=1S/C26H27NO3.C7H16.C2H6/c1-5-22-16-19(3)27(25(22)6-2)23-9-7-8-21(17-23)18-30-24-13-10-20(11-14-24)12-15-26(28)29-4;1-4-6-7(3)5-2;1-2/h5-11,13-14,16-17H,1-2,12,15,18H2,3-4H3;7H,4-6H2,1-3H3;1-2H3. The predicted octanol–water partition coefficient (Wildman–Crippen LogP) is 9.62. The number of carbonyl (C=O) groups is 1. The molecule has 39 heavy (non-hydrogen) atoms. The minimum absolute atomic E-state index is 0.201. The van der Waals surface area contributed by atoms with Crippen molar-refractivity contribution in [2.75, 3.05) is 7.11 Å². The van der Waals surface area contributed by atoms with Crippen molar-refractivity contribution in [1.29, 1.82) is 0 Å². The van der Waals surface area contributed by atoms with Gasteiger partial charge in [-0.25, -0.2) is 0 Å². The van der Waals surface area contributed by atoms with E-state index in [1.54, 1.807) is 0 Å². The Balaban J connectivity index is 0.000000735. The number of hydrogen-bond donors (Lipinski definition) is 0. The molecular formula is C35H49NO3. The summed E-state index contributed by atoms with van der Waals surface area (Å²) in [5.74, 6) is 1.54. The van der Waals surface area contributed by atoms with Crippen LogP contribution in [0.25, 0.3) is 17.8 Å². The number of carbonyl (C=O) groups excluding carboxylic acids is 1. The van der Waals surface area contributed by atoms with Gasteiger partial charge >= 0.3 is 5.97 Å². The lowest BCUT2D eigenvalue weighted by atomic mass is 10.0. The van der Waals surface area contributed by atoms with Gasteiger partial charge in [0.1, 0.15) is 12.4 Å². The summed E-state index contributed by atoms with van der Waals surface area (Å²) in [5.41, 5.74) is 6.44. The van der Waals surface area contributed by atoms with E-state index < -0.39 is 0 Å². The summed E-state index contributed by atoms with van der Waals surface area (Å²) < 4.78 is 12.8. The molecule has 1 unspecified atom stereocenters. The van der Waals surface area contributed by atoms with E-state index in [1.807, 2.05) is 56.3 Å². The molecule has 212 valence electrons. The Bertz CT molecular complexity index is 1140. The Morgan fingerprint density at radius 3 is 2.23 bits per heavy atom. The number of ether oxygens (including phenoxy) is 2. The first-order chi connectivity index (χ1) is 18.9. The van der Waals surface area contributed by atoms with Crippen LogP contribution in [-0.4, -0.2) is 17.6 Å². The summed E-state index contributed by atoms with van der Waals surface area (Å²) >= 11 is 0. The molecule has 0 amide bonds. The van der Waals surface area contributed by atoms with Crippen LogP contribution in [0.3, 0.4) is 0 Å². The molecule has 0 bridgehead atoms. The maximum atomic E-state index is 11.3. The van der Waals surface area contributed by atoms with Crippen LogP contribution in [0.4, 0.5) is 0 Å². The van der Waals surface area contributed by atoms with Crippen molar-refractivity contribution in [3.05, 3.63) is 95.8 Å². The third-order valence-electron chi connectivity index (χ3n) is 6.49. The van der Waals surface area contributed by atoms with Crippen molar-refractivity contribution >= 4 is 18.1 Å². The van der Waals surface area contributed by atoms with E-state index in [2.05, 4.69) is 74.4 Å². The Hall–Kier alpha value is -3.53. The molecule has 0 saturated carbocycles. The molecule has 3 rings (SSSR count). The topological polar surface area (TPSA) is 40.5 Å². The fourth-order valence-electron chi connectivity index (χ4n) is 4.15. The highest BCUT2D eigenvalue weighted by atomic mass is 16.5. The van der Waals surface area contributed by atoms with Crippen molar-refractivity contribution in [3.63, 3.8) is 0 Å². The zero-order valence-corrected chi connectivity index (χ0v) is 25.3. The van der Waals surface area contributed by atoms with Gasteiger partial charge in [-0.3, -0.25) is 4.79 Å². The van der Waals surface area contributed by atoms with Crippen LogP contribution >= 0.6 is 0 Å².